The van der Waals surface area contributed by atoms with Crippen molar-refractivity contribution in [2.45, 2.75) is 26.7 Å². The van der Waals surface area contributed by atoms with Crippen LogP contribution in [-0.2, 0) is 0 Å². The van der Waals surface area contributed by atoms with Gasteiger partial charge in [0, 0.05) is 11.1 Å². The molecule has 0 spiro atoms. The van der Waals surface area contributed by atoms with Gasteiger partial charge in [0.15, 0.2) is 0 Å². The maximum Gasteiger partial charge on any atom is 0.116 e. The van der Waals surface area contributed by atoms with Gasteiger partial charge in [-0.05, 0) is 41.7 Å². The Morgan fingerprint density at radius 3 is 2.50 bits per heavy atom. The summed E-state index contributed by atoms with van der Waals surface area (Å²) in [6, 6.07) is 15.1. The third kappa shape index (κ3) is 2.29. The van der Waals surface area contributed by atoms with Gasteiger partial charge in [-0.15, -0.1) is 0 Å². The SMILES string of the molecule is Cc1ncnc2ccc(-c3cccc(C(C)C)c3)cc12. The molecule has 0 bridgehead atoms. The van der Waals surface area contributed by atoms with E-state index in [9.17, 15) is 0 Å². The van der Waals surface area contributed by atoms with Crippen LogP contribution in [0.4, 0.5) is 0 Å². The maximum atomic E-state index is 4.31. The van der Waals surface area contributed by atoms with Gasteiger partial charge in [-0.3, -0.25) is 0 Å². The van der Waals surface area contributed by atoms with Crippen LogP contribution >= 0.6 is 0 Å². The molecule has 0 aliphatic carbocycles. The largest absolute Gasteiger partial charge is 0.241 e. The fourth-order valence-electron chi connectivity index (χ4n) is 2.44. The van der Waals surface area contributed by atoms with Crippen LogP contribution in [0.2, 0.25) is 0 Å². The first-order chi connectivity index (χ1) is 9.65. The third-order valence-corrected chi connectivity index (χ3v) is 3.72. The minimum Gasteiger partial charge on any atom is -0.241 e. The summed E-state index contributed by atoms with van der Waals surface area (Å²) in [6.45, 7) is 6.47. The van der Waals surface area contributed by atoms with Crippen LogP contribution in [-0.4, -0.2) is 9.97 Å². The molecule has 0 radical (unpaired) electrons. The summed E-state index contributed by atoms with van der Waals surface area (Å²) in [4.78, 5) is 8.59. The van der Waals surface area contributed by atoms with Crippen molar-refractivity contribution in [3.8, 4) is 11.1 Å². The van der Waals surface area contributed by atoms with E-state index in [4.69, 9.17) is 0 Å². The topological polar surface area (TPSA) is 25.8 Å². The molecule has 20 heavy (non-hydrogen) atoms. The van der Waals surface area contributed by atoms with Gasteiger partial charge < -0.3 is 0 Å². The predicted molar refractivity (Wildman–Crippen MR) is 83.8 cm³/mol. The molecule has 2 aromatic carbocycles. The average Bonchev–Trinajstić information content (AvgIpc) is 2.47. The van der Waals surface area contributed by atoms with Gasteiger partial charge in [-0.2, -0.15) is 0 Å². The minimum absolute atomic E-state index is 0.542. The molecule has 0 fully saturated rings. The van der Waals surface area contributed by atoms with Gasteiger partial charge in [-0.1, -0.05) is 44.2 Å². The van der Waals surface area contributed by atoms with E-state index in [0.29, 0.717) is 5.92 Å². The highest BCUT2D eigenvalue weighted by atomic mass is 14.8. The number of nitrogens with zero attached hydrogens (tertiary/aromatic N) is 2. The van der Waals surface area contributed by atoms with E-state index in [0.717, 1.165) is 16.6 Å². The van der Waals surface area contributed by atoms with Crippen LogP contribution in [0.15, 0.2) is 48.8 Å². The summed E-state index contributed by atoms with van der Waals surface area (Å²) in [7, 11) is 0. The van der Waals surface area contributed by atoms with Crippen molar-refractivity contribution in [3.63, 3.8) is 0 Å². The van der Waals surface area contributed by atoms with Crippen molar-refractivity contribution >= 4 is 10.9 Å². The summed E-state index contributed by atoms with van der Waals surface area (Å²) in [5, 5.41) is 1.12. The van der Waals surface area contributed by atoms with Crippen molar-refractivity contribution in [1.29, 1.82) is 0 Å². The molecular weight excluding hydrogens is 244 g/mol. The highest BCUT2D eigenvalue weighted by Gasteiger charge is 2.05. The molecule has 0 unspecified atom stereocenters. The smallest absolute Gasteiger partial charge is 0.116 e. The van der Waals surface area contributed by atoms with Gasteiger partial charge in [0.05, 0.1) is 5.52 Å². The van der Waals surface area contributed by atoms with E-state index < -0.39 is 0 Å². The van der Waals surface area contributed by atoms with Crippen LogP contribution in [0, 0.1) is 6.92 Å². The monoisotopic (exact) mass is 262 g/mol. The normalized spacial score (nSPS) is 11.2. The van der Waals surface area contributed by atoms with E-state index >= 15 is 0 Å². The summed E-state index contributed by atoms with van der Waals surface area (Å²) in [5.41, 5.74) is 5.86. The summed E-state index contributed by atoms with van der Waals surface area (Å²) >= 11 is 0. The highest BCUT2D eigenvalue weighted by Crippen LogP contribution is 2.27. The zero-order chi connectivity index (χ0) is 14.1. The molecule has 0 aliphatic heterocycles. The summed E-state index contributed by atoms with van der Waals surface area (Å²) in [5.74, 6) is 0.542. The van der Waals surface area contributed by atoms with E-state index in [1.165, 1.54) is 16.7 Å². The second kappa shape index (κ2) is 5.04. The van der Waals surface area contributed by atoms with Crippen LogP contribution in [0.5, 0.6) is 0 Å². The maximum absolute atomic E-state index is 4.31. The average molecular weight is 262 g/mol. The first-order valence-corrected chi connectivity index (χ1v) is 6.97. The first kappa shape index (κ1) is 12.8. The molecule has 0 atom stereocenters. The Morgan fingerprint density at radius 2 is 1.70 bits per heavy atom. The Morgan fingerprint density at radius 1 is 0.900 bits per heavy atom. The van der Waals surface area contributed by atoms with Gasteiger partial charge in [0.1, 0.15) is 6.33 Å². The number of aromatic nitrogens is 2. The van der Waals surface area contributed by atoms with E-state index in [1.54, 1.807) is 6.33 Å². The lowest BCUT2D eigenvalue weighted by atomic mass is 9.96. The molecular formula is C18H18N2. The second-order valence-electron chi connectivity index (χ2n) is 5.47. The number of hydrogen-bond acceptors (Lipinski definition) is 2. The first-order valence-electron chi connectivity index (χ1n) is 6.97. The minimum atomic E-state index is 0.542. The lowest BCUT2D eigenvalue weighted by molar-refractivity contribution is 0.867. The van der Waals surface area contributed by atoms with Crippen LogP contribution in [0.3, 0.4) is 0 Å². The van der Waals surface area contributed by atoms with E-state index in [-0.39, 0.29) is 0 Å². The fraction of sp³-hybridized carbons (Fsp3) is 0.222. The second-order valence-corrected chi connectivity index (χ2v) is 5.47. The van der Waals surface area contributed by atoms with Crippen LogP contribution in [0.25, 0.3) is 22.0 Å². The van der Waals surface area contributed by atoms with Crippen molar-refractivity contribution in [1.82, 2.24) is 9.97 Å². The molecule has 3 aromatic rings. The van der Waals surface area contributed by atoms with E-state index in [2.05, 4.69) is 66.3 Å². The fourth-order valence-corrected chi connectivity index (χ4v) is 2.44. The number of rotatable bonds is 2. The number of aryl methyl sites for hydroxylation is 1. The van der Waals surface area contributed by atoms with Crippen LogP contribution in [0.1, 0.15) is 31.0 Å². The predicted octanol–water partition coefficient (Wildman–Crippen LogP) is 4.73. The van der Waals surface area contributed by atoms with Crippen molar-refractivity contribution in [2.24, 2.45) is 0 Å². The third-order valence-electron chi connectivity index (χ3n) is 3.72. The van der Waals surface area contributed by atoms with Gasteiger partial charge in [0.2, 0.25) is 0 Å². The van der Waals surface area contributed by atoms with Crippen molar-refractivity contribution < 1.29 is 0 Å². The molecule has 0 saturated carbocycles. The molecule has 2 nitrogen and oxygen atoms in total. The highest BCUT2D eigenvalue weighted by molar-refractivity contribution is 5.86. The molecule has 0 aliphatic rings. The Hall–Kier alpha value is -2.22. The molecule has 1 heterocycles. The Balaban J connectivity index is 2.15. The Kier molecular flexibility index (Phi) is 3.23. The quantitative estimate of drug-likeness (QED) is 0.667. The van der Waals surface area contributed by atoms with Crippen molar-refractivity contribution in [3.05, 3.63) is 60.0 Å². The van der Waals surface area contributed by atoms with Gasteiger partial charge >= 0.3 is 0 Å². The lowest BCUT2D eigenvalue weighted by Crippen LogP contribution is -1.90. The summed E-state index contributed by atoms with van der Waals surface area (Å²) < 4.78 is 0. The Labute approximate surface area is 119 Å². The molecule has 0 saturated heterocycles. The Bertz CT molecular complexity index is 760. The number of benzene rings is 2. The molecule has 100 valence electrons. The number of hydrogen-bond donors (Lipinski definition) is 0. The molecule has 2 heteroatoms. The molecule has 3 rings (SSSR count). The van der Waals surface area contributed by atoms with Gasteiger partial charge in [-0.25, -0.2) is 9.97 Å². The van der Waals surface area contributed by atoms with Crippen LogP contribution < -0.4 is 0 Å². The lowest BCUT2D eigenvalue weighted by Gasteiger charge is -2.09. The standard InChI is InChI=1S/C18H18N2/c1-12(2)14-5-4-6-15(9-14)16-7-8-18-17(10-16)13(3)19-11-20-18/h4-12H,1-3H3. The number of fused-ring (bicyclic) bond motifs is 1. The summed E-state index contributed by atoms with van der Waals surface area (Å²) in [6.07, 6.45) is 1.62. The van der Waals surface area contributed by atoms with Crippen molar-refractivity contribution in [2.75, 3.05) is 0 Å². The van der Waals surface area contributed by atoms with E-state index in [1.807, 2.05) is 6.92 Å². The zero-order valence-corrected chi connectivity index (χ0v) is 12.1. The molecule has 0 amide bonds. The van der Waals surface area contributed by atoms with Gasteiger partial charge in [0.25, 0.3) is 0 Å². The zero-order valence-electron chi connectivity index (χ0n) is 12.1. The molecule has 1 aromatic heterocycles. The molecule has 0 N–H and O–H groups in total.